The number of nitrogens with zero attached hydrogens (tertiary/aromatic N) is 3. The van der Waals surface area contributed by atoms with Crippen LogP contribution < -0.4 is 10.2 Å². The van der Waals surface area contributed by atoms with Crippen molar-refractivity contribution in [3.8, 4) is 0 Å². The molecule has 148 valence electrons. The number of urea groups is 1. The summed E-state index contributed by atoms with van der Waals surface area (Å²) in [6, 6.07) is 14.4. The molecule has 2 heterocycles. The molecule has 0 bridgehead atoms. The number of fused-ring (bicyclic) bond motifs is 1. The minimum Gasteiger partial charge on any atom is -0.319 e. The molecule has 1 aliphatic rings. The maximum absolute atomic E-state index is 13.0. The van der Waals surface area contributed by atoms with Gasteiger partial charge >= 0.3 is 6.03 Å². The van der Waals surface area contributed by atoms with E-state index in [1.807, 2.05) is 55.5 Å². The fraction of sp³-hybridized carbons (Fsp3) is 0.238. The predicted molar refractivity (Wildman–Crippen MR) is 112 cm³/mol. The first kappa shape index (κ1) is 19.1. The first-order valence-electron chi connectivity index (χ1n) is 9.13. The molecule has 0 saturated carbocycles. The summed E-state index contributed by atoms with van der Waals surface area (Å²) in [4.78, 5) is 45.1. The van der Waals surface area contributed by atoms with Crippen LogP contribution in [0.3, 0.4) is 0 Å². The standard InChI is InChI=1S/C21H20N4O3S/c1-13-8-10-14(11-9-13)21(2)18(27)25(19(28)23-21)12-17(26)24(3)20-22-15-6-4-5-7-16(15)29-20/h4-11H,12H2,1-3H3,(H,23,28)/t21-/m1/s1. The van der Waals surface area contributed by atoms with Crippen LogP contribution in [0.15, 0.2) is 48.5 Å². The van der Waals surface area contributed by atoms with E-state index in [0.717, 1.165) is 20.7 Å². The van der Waals surface area contributed by atoms with E-state index in [1.165, 1.54) is 16.2 Å². The van der Waals surface area contributed by atoms with E-state index in [4.69, 9.17) is 0 Å². The zero-order chi connectivity index (χ0) is 20.8. The summed E-state index contributed by atoms with van der Waals surface area (Å²) in [7, 11) is 1.59. The Balaban J connectivity index is 1.54. The molecule has 0 radical (unpaired) electrons. The molecule has 2 aromatic carbocycles. The van der Waals surface area contributed by atoms with Gasteiger partial charge in [-0.1, -0.05) is 53.3 Å². The largest absolute Gasteiger partial charge is 0.325 e. The molecule has 1 fully saturated rings. The van der Waals surface area contributed by atoms with Crippen LogP contribution in [-0.4, -0.2) is 41.3 Å². The quantitative estimate of drug-likeness (QED) is 0.673. The van der Waals surface area contributed by atoms with Gasteiger partial charge < -0.3 is 5.32 Å². The van der Waals surface area contributed by atoms with Crippen molar-refractivity contribution in [1.82, 2.24) is 15.2 Å². The van der Waals surface area contributed by atoms with Crippen molar-refractivity contribution in [1.29, 1.82) is 0 Å². The Morgan fingerprint density at radius 2 is 1.86 bits per heavy atom. The van der Waals surface area contributed by atoms with Crippen LogP contribution in [0.25, 0.3) is 10.2 Å². The van der Waals surface area contributed by atoms with E-state index in [9.17, 15) is 14.4 Å². The van der Waals surface area contributed by atoms with Crippen molar-refractivity contribution >= 4 is 44.5 Å². The van der Waals surface area contributed by atoms with Crippen LogP contribution in [0.1, 0.15) is 18.1 Å². The second-order valence-corrected chi connectivity index (χ2v) is 8.24. The van der Waals surface area contributed by atoms with E-state index in [-0.39, 0.29) is 12.5 Å². The smallest absolute Gasteiger partial charge is 0.319 e. The Bertz CT molecular complexity index is 1090. The zero-order valence-corrected chi connectivity index (χ0v) is 17.1. The maximum atomic E-state index is 13.0. The molecule has 8 heteroatoms. The third kappa shape index (κ3) is 3.25. The number of amides is 4. The van der Waals surface area contributed by atoms with Crippen molar-refractivity contribution in [2.24, 2.45) is 0 Å². The van der Waals surface area contributed by atoms with Crippen molar-refractivity contribution in [3.05, 3.63) is 59.7 Å². The van der Waals surface area contributed by atoms with Gasteiger partial charge in [0.05, 0.1) is 10.2 Å². The maximum Gasteiger partial charge on any atom is 0.325 e. The summed E-state index contributed by atoms with van der Waals surface area (Å²) in [6.07, 6.45) is 0. The zero-order valence-electron chi connectivity index (χ0n) is 16.3. The van der Waals surface area contributed by atoms with Gasteiger partial charge in [0.1, 0.15) is 12.1 Å². The van der Waals surface area contributed by atoms with Crippen molar-refractivity contribution in [3.63, 3.8) is 0 Å². The Morgan fingerprint density at radius 1 is 1.17 bits per heavy atom. The fourth-order valence-corrected chi connectivity index (χ4v) is 4.22. The summed E-state index contributed by atoms with van der Waals surface area (Å²) in [5.74, 6) is -0.835. The molecule has 1 N–H and O–H groups in total. The molecular formula is C21H20N4O3S. The number of hydrogen-bond donors (Lipinski definition) is 1. The first-order chi connectivity index (χ1) is 13.8. The number of rotatable bonds is 4. The van der Waals surface area contributed by atoms with Crippen LogP contribution in [0.4, 0.5) is 9.93 Å². The van der Waals surface area contributed by atoms with Crippen LogP contribution in [0.2, 0.25) is 0 Å². The van der Waals surface area contributed by atoms with Crippen molar-refractivity contribution < 1.29 is 14.4 Å². The van der Waals surface area contributed by atoms with Crippen LogP contribution in [0, 0.1) is 6.92 Å². The number of aryl methyl sites for hydroxylation is 1. The number of hydrogen-bond acceptors (Lipinski definition) is 5. The molecular weight excluding hydrogens is 388 g/mol. The Morgan fingerprint density at radius 3 is 2.55 bits per heavy atom. The average Bonchev–Trinajstić information content (AvgIpc) is 3.23. The number of likely N-dealkylation sites (N-methyl/N-ethyl adjacent to an activating group) is 1. The third-order valence-corrected chi connectivity index (χ3v) is 6.25. The lowest BCUT2D eigenvalue weighted by atomic mass is 9.91. The summed E-state index contributed by atoms with van der Waals surface area (Å²) in [5.41, 5.74) is 1.34. The van der Waals surface area contributed by atoms with Gasteiger partial charge in [-0.25, -0.2) is 9.78 Å². The van der Waals surface area contributed by atoms with Gasteiger partial charge in [-0.3, -0.25) is 19.4 Å². The van der Waals surface area contributed by atoms with Crippen LogP contribution >= 0.6 is 11.3 Å². The molecule has 4 amide bonds. The Kier molecular flexibility index (Phi) is 4.58. The number of benzene rings is 2. The minimum absolute atomic E-state index is 0.349. The van der Waals surface area contributed by atoms with Gasteiger partial charge in [-0.15, -0.1) is 0 Å². The predicted octanol–water partition coefficient (Wildman–Crippen LogP) is 3.03. The van der Waals surface area contributed by atoms with E-state index in [1.54, 1.807) is 14.0 Å². The summed E-state index contributed by atoms with van der Waals surface area (Å²) in [6.45, 7) is 3.25. The fourth-order valence-electron chi connectivity index (χ4n) is 3.27. The Hall–Kier alpha value is -3.26. The average molecular weight is 408 g/mol. The van der Waals surface area contributed by atoms with E-state index in [0.29, 0.717) is 10.7 Å². The van der Waals surface area contributed by atoms with E-state index in [2.05, 4.69) is 10.3 Å². The Labute approximate surface area is 171 Å². The van der Waals surface area contributed by atoms with Crippen molar-refractivity contribution in [2.45, 2.75) is 19.4 Å². The van der Waals surface area contributed by atoms with E-state index >= 15 is 0 Å². The minimum atomic E-state index is -1.19. The van der Waals surface area contributed by atoms with Gasteiger partial charge in [-0.2, -0.15) is 0 Å². The van der Waals surface area contributed by atoms with Gasteiger partial charge in [0.2, 0.25) is 5.91 Å². The molecule has 1 aromatic heterocycles. The number of thiazole rings is 1. The third-order valence-electron chi connectivity index (χ3n) is 5.14. The molecule has 3 aromatic rings. The molecule has 1 saturated heterocycles. The summed E-state index contributed by atoms with van der Waals surface area (Å²) < 4.78 is 0.962. The second-order valence-electron chi connectivity index (χ2n) is 7.23. The number of imide groups is 1. The highest BCUT2D eigenvalue weighted by Crippen LogP contribution is 2.30. The molecule has 0 aliphatic carbocycles. The molecule has 7 nitrogen and oxygen atoms in total. The summed E-state index contributed by atoms with van der Waals surface area (Å²) >= 11 is 1.38. The van der Waals surface area contributed by atoms with Crippen molar-refractivity contribution in [2.75, 3.05) is 18.5 Å². The number of carbonyl (C=O) groups is 3. The van der Waals surface area contributed by atoms with Crippen LogP contribution in [0.5, 0.6) is 0 Å². The summed E-state index contributed by atoms with van der Waals surface area (Å²) in [5, 5.41) is 3.24. The lowest BCUT2D eigenvalue weighted by Gasteiger charge is -2.23. The highest BCUT2D eigenvalue weighted by Gasteiger charge is 2.49. The highest BCUT2D eigenvalue weighted by atomic mass is 32.1. The highest BCUT2D eigenvalue weighted by molar-refractivity contribution is 7.22. The molecule has 0 unspecified atom stereocenters. The van der Waals surface area contributed by atoms with Gasteiger partial charge in [0.25, 0.3) is 5.91 Å². The number of nitrogens with one attached hydrogen (secondary N) is 1. The topological polar surface area (TPSA) is 82.6 Å². The molecule has 0 spiro atoms. The molecule has 29 heavy (non-hydrogen) atoms. The number of para-hydroxylation sites is 1. The SMILES string of the molecule is Cc1ccc([C@@]2(C)NC(=O)N(CC(=O)N(C)c3nc4ccccc4s3)C2=O)cc1. The van der Waals surface area contributed by atoms with Gasteiger partial charge in [0.15, 0.2) is 5.13 Å². The van der Waals surface area contributed by atoms with E-state index < -0.39 is 17.5 Å². The van der Waals surface area contributed by atoms with Gasteiger partial charge in [-0.05, 0) is 31.5 Å². The number of aromatic nitrogens is 1. The van der Waals surface area contributed by atoms with Gasteiger partial charge in [0, 0.05) is 7.05 Å². The molecule has 4 rings (SSSR count). The number of anilines is 1. The van der Waals surface area contributed by atoms with Crippen LogP contribution in [-0.2, 0) is 15.1 Å². The second kappa shape index (κ2) is 6.97. The molecule has 1 aliphatic heterocycles. The first-order valence-corrected chi connectivity index (χ1v) is 9.94. The lowest BCUT2D eigenvalue weighted by molar-refractivity contribution is -0.134. The normalized spacial score (nSPS) is 18.9. The molecule has 1 atom stereocenters. The lowest BCUT2D eigenvalue weighted by Crippen LogP contribution is -2.43. The number of carbonyl (C=O) groups excluding carboxylic acids is 3. The monoisotopic (exact) mass is 408 g/mol.